The number of hydrogen-bond acceptors (Lipinski definition) is 3. The summed E-state index contributed by atoms with van der Waals surface area (Å²) in [5, 5.41) is 3.60. The second kappa shape index (κ2) is 8.18. The van der Waals surface area contributed by atoms with Crippen molar-refractivity contribution in [3.63, 3.8) is 0 Å². The van der Waals surface area contributed by atoms with E-state index in [9.17, 15) is 0 Å². The first-order valence-corrected chi connectivity index (χ1v) is 7.29. The maximum Gasteiger partial charge on any atom is 0.118 e. The Morgan fingerprint density at radius 1 is 1.11 bits per heavy atom. The Balaban J connectivity index is 2.91. The molecular weight excluding hydrogens is 236 g/mol. The van der Waals surface area contributed by atoms with Crippen molar-refractivity contribution in [2.24, 2.45) is 0 Å². The summed E-state index contributed by atoms with van der Waals surface area (Å²) in [6, 6.07) is 9.22. The maximum atomic E-state index is 5.23. The minimum atomic E-state index is 0.357. The van der Waals surface area contributed by atoms with E-state index >= 15 is 0 Å². The first kappa shape index (κ1) is 16.0. The number of methoxy groups -OCH3 is 1. The van der Waals surface area contributed by atoms with Gasteiger partial charge in [-0.15, -0.1) is 0 Å². The Bertz CT molecular complexity index is 346. The zero-order chi connectivity index (χ0) is 14.3. The predicted molar refractivity (Wildman–Crippen MR) is 81.8 cm³/mol. The topological polar surface area (TPSA) is 24.5 Å². The summed E-state index contributed by atoms with van der Waals surface area (Å²) in [6.45, 7) is 12.0. The Hall–Kier alpha value is -1.06. The molecule has 1 N–H and O–H groups in total. The fraction of sp³-hybridized carbons (Fsp3) is 0.625. The molecule has 108 valence electrons. The Morgan fingerprint density at radius 3 is 2.11 bits per heavy atom. The highest BCUT2D eigenvalue weighted by atomic mass is 16.5. The molecule has 0 saturated heterocycles. The molecule has 0 fully saturated rings. The van der Waals surface area contributed by atoms with Crippen LogP contribution in [0.5, 0.6) is 5.75 Å². The van der Waals surface area contributed by atoms with Gasteiger partial charge < -0.3 is 10.1 Å². The van der Waals surface area contributed by atoms with E-state index in [0.29, 0.717) is 12.1 Å². The first-order valence-electron chi connectivity index (χ1n) is 7.29. The van der Waals surface area contributed by atoms with Crippen molar-refractivity contribution < 1.29 is 4.74 Å². The smallest absolute Gasteiger partial charge is 0.118 e. The molecule has 0 aromatic heterocycles. The van der Waals surface area contributed by atoms with Crippen molar-refractivity contribution in [2.75, 3.05) is 26.7 Å². The van der Waals surface area contributed by atoms with Gasteiger partial charge in [0.25, 0.3) is 0 Å². The van der Waals surface area contributed by atoms with Crippen LogP contribution in [0.25, 0.3) is 0 Å². The van der Waals surface area contributed by atoms with Crippen molar-refractivity contribution in [1.82, 2.24) is 10.2 Å². The molecule has 1 aromatic carbocycles. The lowest BCUT2D eigenvalue weighted by molar-refractivity contribution is 0.187. The van der Waals surface area contributed by atoms with Gasteiger partial charge in [-0.2, -0.15) is 0 Å². The van der Waals surface area contributed by atoms with E-state index in [1.165, 1.54) is 5.56 Å². The molecule has 0 aliphatic carbocycles. The highest BCUT2D eigenvalue weighted by molar-refractivity contribution is 5.29. The number of likely N-dealkylation sites (N-methyl/N-ethyl adjacent to an activating group) is 2. The normalized spacial score (nSPS) is 14.4. The molecule has 3 nitrogen and oxygen atoms in total. The molecule has 0 amide bonds. The van der Waals surface area contributed by atoms with Crippen LogP contribution in [0, 0.1) is 0 Å². The molecule has 2 atom stereocenters. The molecule has 0 saturated carbocycles. The van der Waals surface area contributed by atoms with Gasteiger partial charge in [-0.25, -0.2) is 0 Å². The molecule has 19 heavy (non-hydrogen) atoms. The standard InChI is InChI=1S/C16H28N2O/c1-6-17-16(13(4)18(7-2)8-3)14-9-11-15(19-5)12-10-14/h9-13,16-17H,6-8H2,1-5H3. The van der Waals surface area contributed by atoms with Crippen LogP contribution in [0.15, 0.2) is 24.3 Å². The summed E-state index contributed by atoms with van der Waals surface area (Å²) in [4.78, 5) is 2.48. The lowest BCUT2D eigenvalue weighted by Crippen LogP contribution is -2.42. The monoisotopic (exact) mass is 264 g/mol. The third-order valence-electron chi connectivity index (χ3n) is 3.77. The lowest BCUT2D eigenvalue weighted by atomic mass is 9.99. The van der Waals surface area contributed by atoms with Gasteiger partial charge in [-0.05, 0) is 44.3 Å². The number of ether oxygens (including phenoxy) is 1. The fourth-order valence-electron chi connectivity index (χ4n) is 2.61. The zero-order valence-electron chi connectivity index (χ0n) is 12.9. The van der Waals surface area contributed by atoms with Crippen molar-refractivity contribution in [2.45, 2.75) is 39.8 Å². The van der Waals surface area contributed by atoms with E-state index in [1.807, 2.05) is 12.1 Å². The second-order valence-electron chi connectivity index (χ2n) is 4.77. The molecule has 3 heteroatoms. The van der Waals surface area contributed by atoms with E-state index < -0.39 is 0 Å². The third-order valence-corrected chi connectivity index (χ3v) is 3.77. The van der Waals surface area contributed by atoms with Gasteiger partial charge in [0.2, 0.25) is 0 Å². The molecule has 0 spiro atoms. The molecule has 1 rings (SSSR count). The van der Waals surface area contributed by atoms with Gasteiger partial charge in [0.1, 0.15) is 5.75 Å². The van der Waals surface area contributed by atoms with Crippen LogP contribution in [0.3, 0.4) is 0 Å². The lowest BCUT2D eigenvalue weighted by Gasteiger charge is -2.34. The van der Waals surface area contributed by atoms with Gasteiger partial charge in [-0.3, -0.25) is 4.90 Å². The summed E-state index contributed by atoms with van der Waals surface area (Å²) < 4.78 is 5.23. The van der Waals surface area contributed by atoms with E-state index in [0.717, 1.165) is 25.4 Å². The van der Waals surface area contributed by atoms with Crippen molar-refractivity contribution in [1.29, 1.82) is 0 Å². The van der Waals surface area contributed by atoms with E-state index in [2.05, 4.69) is 50.0 Å². The largest absolute Gasteiger partial charge is 0.497 e. The van der Waals surface area contributed by atoms with Gasteiger partial charge >= 0.3 is 0 Å². The van der Waals surface area contributed by atoms with Gasteiger partial charge in [0, 0.05) is 12.1 Å². The summed E-state index contributed by atoms with van der Waals surface area (Å²) in [6.07, 6.45) is 0. The fourth-order valence-corrected chi connectivity index (χ4v) is 2.61. The van der Waals surface area contributed by atoms with Crippen molar-refractivity contribution >= 4 is 0 Å². The average Bonchev–Trinajstić information content (AvgIpc) is 2.46. The average molecular weight is 264 g/mol. The van der Waals surface area contributed by atoms with E-state index in [4.69, 9.17) is 4.74 Å². The van der Waals surface area contributed by atoms with Crippen LogP contribution in [0.2, 0.25) is 0 Å². The molecule has 0 bridgehead atoms. The van der Waals surface area contributed by atoms with Gasteiger partial charge in [0.15, 0.2) is 0 Å². The number of benzene rings is 1. The van der Waals surface area contributed by atoms with Crippen LogP contribution in [0.1, 0.15) is 39.3 Å². The minimum Gasteiger partial charge on any atom is -0.497 e. The number of nitrogens with one attached hydrogen (secondary N) is 1. The summed E-state index contributed by atoms with van der Waals surface area (Å²) in [5.74, 6) is 0.912. The number of nitrogens with zero attached hydrogens (tertiary/aromatic N) is 1. The quantitative estimate of drug-likeness (QED) is 0.781. The Labute approximate surface area is 118 Å². The predicted octanol–water partition coefficient (Wildman–Crippen LogP) is 3.08. The second-order valence-corrected chi connectivity index (χ2v) is 4.77. The first-order chi connectivity index (χ1) is 9.17. The van der Waals surface area contributed by atoms with E-state index in [1.54, 1.807) is 7.11 Å². The molecular formula is C16H28N2O. The zero-order valence-corrected chi connectivity index (χ0v) is 12.9. The summed E-state index contributed by atoms with van der Waals surface area (Å²) in [5.41, 5.74) is 1.32. The molecule has 0 heterocycles. The van der Waals surface area contributed by atoms with Crippen LogP contribution < -0.4 is 10.1 Å². The molecule has 0 aliphatic rings. The summed E-state index contributed by atoms with van der Waals surface area (Å²) >= 11 is 0. The number of hydrogen-bond donors (Lipinski definition) is 1. The highest BCUT2D eigenvalue weighted by Gasteiger charge is 2.22. The molecule has 0 aliphatic heterocycles. The van der Waals surface area contributed by atoms with Crippen LogP contribution in [-0.2, 0) is 0 Å². The molecule has 1 aromatic rings. The van der Waals surface area contributed by atoms with Crippen molar-refractivity contribution in [3.05, 3.63) is 29.8 Å². The van der Waals surface area contributed by atoms with Crippen LogP contribution in [0.4, 0.5) is 0 Å². The maximum absolute atomic E-state index is 5.23. The van der Waals surface area contributed by atoms with Crippen molar-refractivity contribution in [3.8, 4) is 5.75 Å². The highest BCUT2D eigenvalue weighted by Crippen LogP contribution is 2.23. The van der Waals surface area contributed by atoms with Crippen LogP contribution >= 0.6 is 0 Å². The van der Waals surface area contributed by atoms with Gasteiger partial charge in [-0.1, -0.05) is 32.9 Å². The SMILES string of the molecule is CCNC(c1ccc(OC)cc1)C(C)N(CC)CC. The third kappa shape index (κ3) is 4.22. The molecule has 2 unspecified atom stereocenters. The van der Waals surface area contributed by atoms with E-state index in [-0.39, 0.29) is 0 Å². The Kier molecular flexibility index (Phi) is 6.89. The molecule has 0 radical (unpaired) electrons. The summed E-state index contributed by atoms with van der Waals surface area (Å²) in [7, 11) is 1.70. The van der Waals surface area contributed by atoms with Gasteiger partial charge in [0.05, 0.1) is 7.11 Å². The number of rotatable bonds is 8. The Morgan fingerprint density at radius 2 is 1.68 bits per heavy atom. The minimum absolute atomic E-state index is 0.357. The van der Waals surface area contributed by atoms with Crippen LogP contribution in [-0.4, -0.2) is 37.7 Å².